The molecular weight excluding hydrogens is 299 g/mol. The molecule has 0 fully saturated rings. The second kappa shape index (κ2) is 6.65. The van der Waals surface area contributed by atoms with Crippen molar-refractivity contribution in [1.82, 2.24) is 0 Å². The van der Waals surface area contributed by atoms with E-state index in [1.807, 2.05) is 42.5 Å². The molecule has 0 saturated carbocycles. The lowest BCUT2D eigenvalue weighted by Gasteiger charge is -2.30. The molecular formula is C16H15Cl3. The third-order valence-corrected chi connectivity index (χ3v) is 4.59. The maximum atomic E-state index is 6.23. The van der Waals surface area contributed by atoms with Gasteiger partial charge in [-0.15, -0.1) is 23.2 Å². The first-order valence-electron chi connectivity index (χ1n) is 6.12. The van der Waals surface area contributed by atoms with E-state index in [2.05, 4.69) is 12.1 Å². The molecule has 0 saturated heterocycles. The van der Waals surface area contributed by atoms with Crippen LogP contribution in [0.2, 0.25) is 5.02 Å². The lowest BCUT2D eigenvalue weighted by atomic mass is 9.79. The van der Waals surface area contributed by atoms with Crippen molar-refractivity contribution in [3.8, 4) is 0 Å². The van der Waals surface area contributed by atoms with Crippen molar-refractivity contribution in [3.05, 3.63) is 70.7 Å². The summed E-state index contributed by atoms with van der Waals surface area (Å²) in [4.78, 5) is 0. The molecule has 100 valence electrons. The van der Waals surface area contributed by atoms with Crippen molar-refractivity contribution < 1.29 is 0 Å². The topological polar surface area (TPSA) is 0 Å². The maximum Gasteiger partial charge on any atom is 0.0408 e. The lowest BCUT2D eigenvalue weighted by Crippen LogP contribution is -2.33. The van der Waals surface area contributed by atoms with Crippen LogP contribution in [0.1, 0.15) is 11.1 Å². The molecule has 0 N–H and O–H groups in total. The van der Waals surface area contributed by atoms with E-state index in [4.69, 9.17) is 34.8 Å². The predicted octanol–water partition coefficient (Wildman–Crippen LogP) is 5.30. The minimum Gasteiger partial charge on any atom is -0.126 e. The molecule has 3 heteroatoms. The zero-order chi connectivity index (χ0) is 13.7. The van der Waals surface area contributed by atoms with E-state index in [1.165, 1.54) is 5.56 Å². The summed E-state index contributed by atoms with van der Waals surface area (Å²) in [6.45, 7) is 0. The van der Waals surface area contributed by atoms with Crippen LogP contribution in [0, 0.1) is 0 Å². The van der Waals surface area contributed by atoms with Crippen molar-refractivity contribution in [2.24, 2.45) is 0 Å². The highest BCUT2D eigenvalue weighted by atomic mass is 35.5. The summed E-state index contributed by atoms with van der Waals surface area (Å²) in [6.07, 6.45) is 0.807. The van der Waals surface area contributed by atoms with Crippen molar-refractivity contribution in [2.75, 3.05) is 11.8 Å². The molecule has 0 unspecified atom stereocenters. The average Bonchev–Trinajstić information content (AvgIpc) is 2.46. The van der Waals surface area contributed by atoms with E-state index in [-0.39, 0.29) is 5.41 Å². The third-order valence-electron chi connectivity index (χ3n) is 3.33. The van der Waals surface area contributed by atoms with Gasteiger partial charge in [-0.3, -0.25) is 0 Å². The Hall–Kier alpha value is -0.690. The van der Waals surface area contributed by atoms with Gasteiger partial charge in [-0.05, 0) is 29.7 Å². The molecule has 0 heterocycles. The molecule has 2 aromatic rings. The van der Waals surface area contributed by atoms with Crippen LogP contribution in [0.4, 0.5) is 0 Å². The Balaban J connectivity index is 2.37. The van der Waals surface area contributed by atoms with Crippen LogP contribution < -0.4 is 0 Å². The maximum absolute atomic E-state index is 6.23. The molecule has 0 amide bonds. The standard InChI is InChI=1S/C16H15Cl3/c17-11-16(12-18,10-13-5-2-1-3-6-13)14-7-4-8-15(19)9-14/h1-9H,10-12H2. The Bertz CT molecular complexity index is 519. The summed E-state index contributed by atoms with van der Waals surface area (Å²) in [5.74, 6) is 0.928. The molecule has 2 rings (SSSR count). The summed E-state index contributed by atoms with van der Waals surface area (Å²) in [6, 6.07) is 18.1. The first-order valence-corrected chi connectivity index (χ1v) is 7.57. The quantitative estimate of drug-likeness (QED) is 0.657. The van der Waals surface area contributed by atoms with Crippen LogP contribution in [0.5, 0.6) is 0 Å². The van der Waals surface area contributed by atoms with Gasteiger partial charge in [0.15, 0.2) is 0 Å². The first-order chi connectivity index (χ1) is 9.20. The summed E-state index contributed by atoms with van der Waals surface area (Å²) in [7, 11) is 0. The molecule has 0 radical (unpaired) electrons. The van der Waals surface area contributed by atoms with Gasteiger partial charge in [0.1, 0.15) is 0 Å². The summed E-state index contributed by atoms with van der Waals surface area (Å²) in [5.41, 5.74) is 2.03. The van der Waals surface area contributed by atoms with Crippen LogP contribution in [0.25, 0.3) is 0 Å². The zero-order valence-electron chi connectivity index (χ0n) is 10.5. The number of hydrogen-bond acceptors (Lipinski definition) is 0. The molecule has 0 atom stereocenters. The van der Waals surface area contributed by atoms with E-state index >= 15 is 0 Å². The average molecular weight is 314 g/mol. The van der Waals surface area contributed by atoms with Gasteiger partial charge in [-0.25, -0.2) is 0 Å². The SMILES string of the molecule is ClCC(CCl)(Cc1ccccc1)c1cccc(Cl)c1. The lowest BCUT2D eigenvalue weighted by molar-refractivity contribution is 0.536. The molecule has 2 aromatic carbocycles. The predicted molar refractivity (Wildman–Crippen MR) is 84.7 cm³/mol. The van der Waals surface area contributed by atoms with Crippen LogP contribution in [0.15, 0.2) is 54.6 Å². The van der Waals surface area contributed by atoms with Gasteiger partial charge in [-0.2, -0.15) is 0 Å². The smallest absolute Gasteiger partial charge is 0.0408 e. The van der Waals surface area contributed by atoms with Crippen LogP contribution in [-0.4, -0.2) is 11.8 Å². The Kier molecular flexibility index (Phi) is 5.15. The first kappa shape index (κ1) is 14.7. The summed E-state index contributed by atoms with van der Waals surface area (Å²) in [5, 5.41) is 0.713. The van der Waals surface area contributed by atoms with E-state index in [0.29, 0.717) is 16.8 Å². The van der Waals surface area contributed by atoms with Gasteiger partial charge in [0.25, 0.3) is 0 Å². The normalized spacial score (nSPS) is 11.5. The minimum atomic E-state index is -0.282. The molecule has 0 aliphatic heterocycles. The number of benzene rings is 2. The van der Waals surface area contributed by atoms with E-state index < -0.39 is 0 Å². The largest absolute Gasteiger partial charge is 0.126 e. The third kappa shape index (κ3) is 3.45. The van der Waals surface area contributed by atoms with Crippen LogP contribution in [0.3, 0.4) is 0 Å². The van der Waals surface area contributed by atoms with Gasteiger partial charge in [0.05, 0.1) is 0 Å². The molecule has 0 aliphatic rings. The molecule has 0 nitrogen and oxygen atoms in total. The van der Waals surface area contributed by atoms with Crippen molar-refractivity contribution >= 4 is 34.8 Å². The van der Waals surface area contributed by atoms with E-state index in [9.17, 15) is 0 Å². The highest BCUT2D eigenvalue weighted by Crippen LogP contribution is 2.33. The molecule has 19 heavy (non-hydrogen) atoms. The fourth-order valence-electron chi connectivity index (χ4n) is 2.19. The van der Waals surface area contributed by atoms with Gasteiger partial charge >= 0.3 is 0 Å². The Morgan fingerprint density at radius 2 is 1.53 bits per heavy atom. The van der Waals surface area contributed by atoms with Crippen molar-refractivity contribution in [3.63, 3.8) is 0 Å². The fraction of sp³-hybridized carbons (Fsp3) is 0.250. The number of alkyl halides is 2. The second-order valence-corrected chi connectivity index (χ2v) is 5.69. The van der Waals surface area contributed by atoms with Crippen molar-refractivity contribution in [1.29, 1.82) is 0 Å². The summed E-state index contributed by atoms with van der Waals surface area (Å²) < 4.78 is 0. The van der Waals surface area contributed by atoms with E-state index in [0.717, 1.165) is 12.0 Å². The molecule has 0 spiro atoms. The number of hydrogen-bond donors (Lipinski definition) is 0. The number of halogens is 3. The highest BCUT2D eigenvalue weighted by molar-refractivity contribution is 6.30. The second-order valence-electron chi connectivity index (χ2n) is 4.72. The Morgan fingerprint density at radius 1 is 0.842 bits per heavy atom. The molecule has 0 aromatic heterocycles. The van der Waals surface area contributed by atoms with Crippen molar-refractivity contribution in [2.45, 2.75) is 11.8 Å². The molecule has 0 aliphatic carbocycles. The number of rotatable bonds is 5. The van der Waals surface area contributed by atoms with Crippen LogP contribution in [-0.2, 0) is 11.8 Å². The monoisotopic (exact) mass is 312 g/mol. The van der Waals surface area contributed by atoms with Gasteiger partial charge in [-0.1, -0.05) is 54.1 Å². The van der Waals surface area contributed by atoms with E-state index in [1.54, 1.807) is 0 Å². The summed E-state index contributed by atoms with van der Waals surface area (Å²) >= 11 is 18.5. The van der Waals surface area contributed by atoms with Gasteiger partial charge in [0, 0.05) is 22.2 Å². The van der Waals surface area contributed by atoms with Crippen LogP contribution >= 0.6 is 34.8 Å². The Labute approximate surface area is 129 Å². The minimum absolute atomic E-state index is 0.282. The van der Waals surface area contributed by atoms with Gasteiger partial charge < -0.3 is 0 Å². The van der Waals surface area contributed by atoms with Gasteiger partial charge in [0.2, 0.25) is 0 Å². The highest BCUT2D eigenvalue weighted by Gasteiger charge is 2.31. The molecule has 0 bridgehead atoms. The zero-order valence-corrected chi connectivity index (χ0v) is 12.7. The fourth-order valence-corrected chi connectivity index (χ4v) is 3.17. The Morgan fingerprint density at radius 3 is 2.11 bits per heavy atom.